The molecule has 0 saturated carbocycles. The van der Waals surface area contributed by atoms with Gasteiger partial charge in [0.25, 0.3) is 0 Å². The largest absolute Gasteiger partial charge is 0.247 e. The van der Waals surface area contributed by atoms with Crippen LogP contribution in [-0.4, -0.2) is 48.8 Å². The lowest BCUT2D eigenvalue weighted by Crippen LogP contribution is -2.78. The van der Waals surface area contributed by atoms with E-state index in [1.807, 2.05) is 45.3 Å². The Kier molecular flexibility index (Phi) is 7.30. The van der Waals surface area contributed by atoms with Crippen LogP contribution < -0.4 is 38.7 Å². The number of thiophene rings is 4. The SMILES string of the molecule is C[Si](C)(C)c1cc2c(s1)S(=O)c1sc([Si](C)(C)C)cc1[Si]21c2cc([Si](C)(C)C)sc2S(=O)c2sc([Si](C)(C)C)cc21. The molecule has 0 N–H and O–H groups in total. The van der Waals surface area contributed by atoms with Crippen LogP contribution in [0.2, 0.25) is 78.6 Å². The van der Waals surface area contributed by atoms with Crippen molar-refractivity contribution in [3.05, 3.63) is 24.3 Å². The van der Waals surface area contributed by atoms with Crippen molar-refractivity contribution in [2.75, 3.05) is 0 Å². The molecule has 6 rings (SSSR count). The minimum absolute atomic E-state index is 1.09. The summed E-state index contributed by atoms with van der Waals surface area (Å²) in [6, 6.07) is 10.0. The molecule has 0 aliphatic carbocycles. The van der Waals surface area contributed by atoms with Gasteiger partial charge in [-0.25, -0.2) is 8.42 Å². The molecule has 4 aromatic rings. The third-order valence-electron chi connectivity index (χ3n) is 8.04. The predicted molar refractivity (Wildman–Crippen MR) is 203 cm³/mol. The summed E-state index contributed by atoms with van der Waals surface area (Å²) in [5, 5.41) is 5.41. The van der Waals surface area contributed by atoms with E-state index in [0.29, 0.717) is 0 Å². The van der Waals surface area contributed by atoms with E-state index in [4.69, 9.17) is 0 Å². The van der Waals surface area contributed by atoms with Crippen molar-refractivity contribution in [3.8, 4) is 0 Å². The first-order valence-corrected chi connectivity index (χ1v) is 35.7. The van der Waals surface area contributed by atoms with E-state index < -0.39 is 62.0 Å². The van der Waals surface area contributed by atoms with Crippen LogP contribution in [0.15, 0.2) is 41.1 Å². The maximum atomic E-state index is 14.6. The van der Waals surface area contributed by atoms with E-state index in [0.717, 1.165) is 16.8 Å². The van der Waals surface area contributed by atoms with Gasteiger partial charge in [-0.3, -0.25) is 0 Å². The average molecular weight is 741 g/mol. The molecular formula is C28H40O2S6Si5. The molecule has 0 unspecified atom stereocenters. The summed E-state index contributed by atoms with van der Waals surface area (Å²) in [5.74, 6) is 0. The minimum atomic E-state index is -2.82. The van der Waals surface area contributed by atoms with E-state index >= 15 is 0 Å². The van der Waals surface area contributed by atoms with Crippen molar-refractivity contribution < 1.29 is 8.42 Å². The van der Waals surface area contributed by atoms with Crippen molar-refractivity contribution in [1.29, 1.82) is 0 Å². The zero-order chi connectivity index (χ0) is 30.2. The normalized spacial score (nSPS) is 22.4. The van der Waals surface area contributed by atoms with E-state index in [1.54, 1.807) is 0 Å². The van der Waals surface area contributed by atoms with Gasteiger partial charge in [-0.05, 0) is 38.7 Å². The highest BCUT2D eigenvalue weighted by atomic mass is 32.2. The van der Waals surface area contributed by atoms with Crippen LogP contribution in [0, 0.1) is 0 Å². The molecule has 41 heavy (non-hydrogen) atoms. The maximum Gasteiger partial charge on any atom is 0.188 e. The Morgan fingerprint density at radius 2 is 0.634 bits per heavy atom. The lowest BCUT2D eigenvalue weighted by molar-refractivity contribution is 0.685. The van der Waals surface area contributed by atoms with Gasteiger partial charge in [0, 0.05) is 0 Å². The highest BCUT2D eigenvalue weighted by Crippen LogP contribution is 2.38. The summed E-state index contributed by atoms with van der Waals surface area (Å²) in [4.78, 5) is 0. The summed E-state index contributed by atoms with van der Waals surface area (Å²) in [5.41, 5.74) is 0. The fraction of sp³-hybridized carbons (Fsp3) is 0.429. The van der Waals surface area contributed by atoms with Crippen molar-refractivity contribution in [2.45, 2.75) is 95.4 Å². The molecule has 0 aromatic carbocycles. The third-order valence-corrected chi connectivity index (χ3v) is 37.4. The first-order chi connectivity index (χ1) is 18.7. The van der Waals surface area contributed by atoms with Crippen LogP contribution in [0.4, 0.5) is 0 Å². The standard InChI is InChI=1S/C28H40O2S6Si5/c1-37(2,3)21-13-17-25(31-21)35(29)26-18(14-22(32-26)38(4,5)6)41(17)19-15-23(39(7,8)9)33-27(19)36(30)28-20(41)16-24(34-28)40(10,11)12/h13-16H,1-12H3. The fourth-order valence-electron chi connectivity index (χ4n) is 5.61. The molecule has 2 aliphatic rings. The zero-order valence-corrected chi connectivity index (χ0v) is 36.0. The van der Waals surface area contributed by atoms with Gasteiger partial charge in [-0.15, -0.1) is 45.3 Å². The number of hydrogen-bond donors (Lipinski definition) is 0. The van der Waals surface area contributed by atoms with Crippen LogP contribution in [0.3, 0.4) is 0 Å². The summed E-state index contributed by atoms with van der Waals surface area (Å²) in [6.45, 7) is 28.9. The molecule has 0 saturated heterocycles. The van der Waals surface area contributed by atoms with E-state index in [1.165, 1.54) is 38.7 Å². The molecule has 0 bridgehead atoms. The van der Waals surface area contributed by atoms with E-state index in [2.05, 4.69) is 103 Å². The monoisotopic (exact) mass is 740 g/mol. The summed E-state index contributed by atoms with van der Waals surface area (Å²) < 4.78 is 39.3. The summed E-state index contributed by atoms with van der Waals surface area (Å²) in [6.07, 6.45) is 0. The van der Waals surface area contributed by atoms with Crippen LogP contribution in [-0.2, 0) is 21.6 Å². The highest BCUT2D eigenvalue weighted by molar-refractivity contribution is 7.92. The lowest BCUT2D eigenvalue weighted by atomic mass is 10.6. The summed E-state index contributed by atoms with van der Waals surface area (Å²) in [7, 11) is -11.8. The third kappa shape index (κ3) is 4.66. The average Bonchev–Trinajstić information content (AvgIpc) is 3.60. The molecule has 0 amide bonds. The molecule has 13 heteroatoms. The topological polar surface area (TPSA) is 34.1 Å². The van der Waals surface area contributed by atoms with Gasteiger partial charge in [0.1, 0.15) is 21.6 Å². The van der Waals surface area contributed by atoms with Crippen LogP contribution in [0.1, 0.15) is 0 Å². The van der Waals surface area contributed by atoms with Crippen molar-refractivity contribution in [1.82, 2.24) is 0 Å². The zero-order valence-electron chi connectivity index (χ0n) is 26.1. The Bertz CT molecular complexity index is 1520. The second-order valence-electron chi connectivity index (χ2n) is 15.5. The molecule has 2 nitrogen and oxygen atoms in total. The molecular weight excluding hydrogens is 701 g/mol. The van der Waals surface area contributed by atoms with Crippen LogP contribution in [0.25, 0.3) is 0 Å². The predicted octanol–water partition coefficient (Wildman–Crippen LogP) is 4.45. The Labute approximate surface area is 271 Å². The molecule has 2 aliphatic heterocycles. The van der Waals surface area contributed by atoms with Crippen molar-refractivity contribution >= 4 is 146 Å². The first kappa shape index (κ1) is 31.2. The smallest absolute Gasteiger partial charge is 0.188 e. The van der Waals surface area contributed by atoms with Gasteiger partial charge in [-0.1, -0.05) is 103 Å². The van der Waals surface area contributed by atoms with Crippen LogP contribution >= 0.6 is 45.3 Å². The molecule has 220 valence electrons. The molecule has 0 fully saturated rings. The number of rotatable bonds is 4. The molecule has 1 spiro atoms. The summed E-state index contributed by atoms with van der Waals surface area (Å²) >= 11 is 7.34. The van der Waals surface area contributed by atoms with Gasteiger partial charge in [0.05, 0.1) is 49.1 Å². The fourth-order valence-corrected chi connectivity index (χ4v) is 32.9. The second kappa shape index (κ2) is 9.60. The molecule has 0 atom stereocenters. The minimum Gasteiger partial charge on any atom is -0.247 e. The van der Waals surface area contributed by atoms with Gasteiger partial charge >= 0.3 is 0 Å². The van der Waals surface area contributed by atoms with Gasteiger partial charge in [-0.2, -0.15) is 0 Å². The Balaban J connectivity index is 1.84. The highest BCUT2D eigenvalue weighted by Gasteiger charge is 2.58. The molecule has 0 radical (unpaired) electrons. The Morgan fingerprint density at radius 1 is 0.439 bits per heavy atom. The first-order valence-electron chi connectivity index (χ1n) is 14.1. The van der Waals surface area contributed by atoms with E-state index in [-0.39, 0.29) is 0 Å². The Morgan fingerprint density at radius 3 is 0.805 bits per heavy atom. The lowest BCUT2D eigenvalue weighted by Gasteiger charge is -2.38. The van der Waals surface area contributed by atoms with Crippen molar-refractivity contribution in [2.24, 2.45) is 0 Å². The van der Waals surface area contributed by atoms with Crippen LogP contribution in [0.5, 0.6) is 0 Å². The number of hydrogen-bond acceptors (Lipinski definition) is 6. The molecule has 6 heterocycles. The van der Waals surface area contributed by atoms with Gasteiger partial charge < -0.3 is 0 Å². The van der Waals surface area contributed by atoms with Gasteiger partial charge in [0.15, 0.2) is 8.07 Å². The number of fused-ring (bicyclic) bond motifs is 8. The maximum absolute atomic E-state index is 14.6. The van der Waals surface area contributed by atoms with Crippen molar-refractivity contribution in [3.63, 3.8) is 0 Å². The molecule has 4 aromatic heterocycles. The quantitative estimate of drug-likeness (QED) is 0.251. The second-order valence-corrected chi connectivity index (χ2v) is 48.7. The van der Waals surface area contributed by atoms with Gasteiger partial charge in [0.2, 0.25) is 0 Å². The van der Waals surface area contributed by atoms with E-state index in [9.17, 15) is 8.42 Å². The Hall–Kier alpha value is 0.184.